The van der Waals surface area contributed by atoms with Crippen molar-refractivity contribution in [3.63, 3.8) is 0 Å². The van der Waals surface area contributed by atoms with Crippen molar-refractivity contribution in [1.82, 2.24) is 24.0 Å². The summed E-state index contributed by atoms with van der Waals surface area (Å²) in [7, 11) is 0. The lowest BCUT2D eigenvalue weighted by Gasteiger charge is -2.15. The van der Waals surface area contributed by atoms with Gasteiger partial charge in [0, 0.05) is 18.6 Å². The van der Waals surface area contributed by atoms with Crippen LogP contribution in [0.1, 0.15) is 22.5 Å². The van der Waals surface area contributed by atoms with Gasteiger partial charge in [-0.1, -0.05) is 12.1 Å². The smallest absolute Gasteiger partial charge is 0.287 e. The minimum Gasteiger partial charge on any atom is -0.363 e. The van der Waals surface area contributed by atoms with Crippen molar-refractivity contribution in [3.8, 4) is 11.4 Å². The highest BCUT2D eigenvalue weighted by Crippen LogP contribution is 2.19. The van der Waals surface area contributed by atoms with Gasteiger partial charge < -0.3 is 11.1 Å². The second-order valence-corrected chi connectivity index (χ2v) is 6.36. The molecular weight excluding hydrogens is 380 g/mol. The lowest BCUT2D eigenvalue weighted by Crippen LogP contribution is -2.46. The number of primary amides is 1. The number of Topliss-reactive ketones (excluding diaryl/α,β-unsaturated/α-hetero) is 1. The molecule has 0 aliphatic carbocycles. The van der Waals surface area contributed by atoms with Crippen molar-refractivity contribution in [2.24, 2.45) is 5.73 Å². The number of nitrogens with zero attached hydrogens (tertiary/aromatic N) is 4. The summed E-state index contributed by atoms with van der Waals surface area (Å²) in [6, 6.07) is 7.72. The van der Waals surface area contributed by atoms with Crippen molar-refractivity contribution < 1.29 is 14.4 Å². The zero-order chi connectivity index (χ0) is 19.9. The average Bonchev–Trinajstić information content (AvgIpc) is 3.22. The fourth-order valence-corrected chi connectivity index (χ4v) is 3.09. The lowest BCUT2D eigenvalue weighted by atomic mass is 10.0. The zero-order valence-corrected chi connectivity index (χ0v) is 15.4. The van der Waals surface area contributed by atoms with Gasteiger partial charge in [-0.15, -0.1) is 0 Å². The molecular formula is C18H16N6O3S. The molecule has 3 N–H and O–H groups in total. The summed E-state index contributed by atoms with van der Waals surface area (Å²) < 4.78 is 8.12. The van der Waals surface area contributed by atoms with Crippen LogP contribution in [-0.4, -0.2) is 42.4 Å². The number of ketones is 1. The first kappa shape index (κ1) is 19.2. The third-order valence-corrected chi connectivity index (χ3v) is 4.45. The molecule has 3 heterocycles. The van der Waals surface area contributed by atoms with Crippen molar-refractivity contribution >= 4 is 29.3 Å². The Morgan fingerprint density at radius 1 is 1.11 bits per heavy atom. The van der Waals surface area contributed by atoms with Gasteiger partial charge in [0.15, 0.2) is 5.69 Å². The molecule has 0 saturated heterocycles. The standard InChI is InChI=1S/C18H16N6O3S/c19-17(26)16(25)13(7-6-11-4-3-8-20-10-11)22-18(27)15-14(23-28-24-15)12-5-1-2-9-21-12/h1-5,8-10,13H,6-7H2,(H2,19,26)(H,22,27). The molecule has 0 spiro atoms. The van der Waals surface area contributed by atoms with Gasteiger partial charge >= 0.3 is 0 Å². The van der Waals surface area contributed by atoms with Gasteiger partial charge in [0.1, 0.15) is 5.69 Å². The van der Waals surface area contributed by atoms with Gasteiger partial charge in [-0.2, -0.15) is 8.75 Å². The Labute approximate surface area is 164 Å². The fourth-order valence-electron chi connectivity index (χ4n) is 2.53. The van der Waals surface area contributed by atoms with E-state index >= 15 is 0 Å². The second-order valence-electron chi connectivity index (χ2n) is 5.83. The van der Waals surface area contributed by atoms with Crippen molar-refractivity contribution in [3.05, 3.63) is 60.2 Å². The molecule has 0 aliphatic rings. The molecule has 3 aromatic heterocycles. The number of nitrogens with one attached hydrogen (secondary N) is 1. The number of nitrogens with two attached hydrogens (primary N) is 1. The van der Waals surface area contributed by atoms with Crippen LogP contribution in [0, 0.1) is 0 Å². The van der Waals surface area contributed by atoms with Crippen LogP contribution in [0.2, 0.25) is 0 Å². The van der Waals surface area contributed by atoms with E-state index in [-0.39, 0.29) is 12.1 Å². The molecule has 0 fully saturated rings. The molecule has 0 aliphatic heterocycles. The first-order valence-electron chi connectivity index (χ1n) is 8.33. The fraction of sp³-hybridized carbons (Fsp3) is 0.167. The average molecular weight is 396 g/mol. The van der Waals surface area contributed by atoms with E-state index in [0.717, 1.165) is 17.3 Å². The molecule has 28 heavy (non-hydrogen) atoms. The molecule has 2 amide bonds. The molecule has 0 aromatic carbocycles. The number of amides is 2. The highest BCUT2D eigenvalue weighted by Gasteiger charge is 2.28. The third kappa shape index (κ3) is 4.60. The van der Waals surface area contributed by atoms with E-state index in [0.29, 0.717) is 17.8 Å². The predicted octanol–water partition coefficient (Wildman–Crippen LogP) is 0.781. The Balaban J connectivity index is 1.77. The van der Waals surface area contributed by atoms with Crippen molar-refractivity contribution in [2.45, 2.75) is 18.9 Å². The van der Waals surface area contributed by atoms with Crippen LogP contribution < -0.4 is 11.1 Å². The van der Waals surface area contributed by atoms with Gasteiger partial charge in [-0.3, -0.25) is 24.4 Å². The summed E-state index contributed by atoms with van der Waals surface area (Å²) in [5.41, 5.74) is 6.82. The Hall–Kier alpha value is -3.53. The molecule has 3 rings (SSSR count). The van der Waals surface area contributed by atoms with Crippen LogP contribution in [0.4, 0.5) is 0 Å². The van der Waals surface area contributed by atoms with E-state index in [1.54, 1.807) is 42.9 Å². The number of aromatic nitrogens is 4. The maximum Gasteiger partial charge on any atom is 0.287 e. The molecule has 0 radical (unpaired) electrons. The minimum absolute atomic E-state index is 0.0346. The third-order valence-electron chi connectivity index (χ3n) is 3.92. The maximum absolute atomic E-state index is 12.7. The van der Waals surface area contributed by atoms with Crippen LogP contribution in [0.5, 0.6) is 0 Å². The molecule has 0 bridgehead atoms. The summed E-state index contributed by atoms with van der Waals surface area (Å²) in [4.78, 5) is 44.4. The predicted molar refractivity (Wildman–Crippen MR) is 101 cm³/mol. The highest BCUT2D eigenvalue weighted by atomic mass is 32.1. The van der Waals surface area contributed by atoms with Gasteiger partial charge in [0.05, 0.1) is 23.5 Å². The number of hydrogen-bond acceptors (Lipinski definition) is 8. The SMILES string of the molecule is NC(=O)C(=O)C(CCc1cccnc1)NC(=O)c1nsnc1-c1ccccn1. The summed E-state index contributed by atoms with van der Waals surface area (Å²) in [5, 5.41) is 2.55. The van der Waals surface area contributed by atoms with Crippen LogP contribution in [0.25, 0.3) is 11.4 Å². The normalized spacial score (nSPS) is 11.6. The highest BCUT2D eigenvalue weighted by molar-refractivity contribution is 6.99. The van der Waals surface area contributed by atoms with E-state index in [1.807, 2.05) is 6.07 Å². The quantitative estimate of drug-likeness (QED) is 0.536. The van der Waals surface area contributed by atoms with Crippen LogP contribution >= 0.6 is 11.7 Å². The van der Waals surface area contributed by atoms with E-state index in [2.05, 4.69) is 24.0 Å². The number of aryl methyl sites for hydroxylation is 1. The van der Waals surface area contributed by atoms with Gasteiger partial charge in [0.2, 0.25) is 5.78 Å². The van der Waals surface area contributed by atoms with Gasteiger partial charge in [0.25, 0.3) is 11.8 Å². The Morgan fingerprint density at radius 3 is 2.64 bits per heavy atom. The van der Waals surface area contributed by atoms with Crippen LogP contribution in [0.15, 0.2) is 48.9 Å². The minimum atomic E-state index is -1.11. The van der Waals surface area contributed by atoms with Gasteiger partial charge in [-0.05, 0) is 36.6 Å². The van der Waals surface area contributed by atoms with Crippen molar-refractivity contribution in [1.29, 1.82) is 0 Å². The zero-order valence-electron chi connectivity index (χ0n) is 14.6. The van der Waals surface area contributed by atoms with Crippen LogP contribution in [0.3, 0.4) is 0 Å². The van der Waals surface area contributed by atoms with Crippen molar-refractivity contribution in [2.75, 3.05) is 0 Å². The summed E-state index contributed by atoms with van der Waals surface area (Å²) >= 11 is 0.856. The lowest BCUT2D eigenvalue weighted by molar-refractivity contribution is -0.137. The van der Waals surface area contributed by atoms with E-state index < -0.39 is 23.6 Å². The largest absolute Gasteiger partial charge is 0.363 e. The summed E-state index contributed by atoms with van der Waals surface area (Å²) in [6.07, 6.45) is 5.47. The number of hydrogen-bond donors (Lipinski definition) is 2. The number of rotatable bonds is 8. The summed E-state index contributed by atoms with van der Waals surface area (Å²) in [5.74, 6) is -2.61. The first-order chi connectivity index (χ1) is 13.6. The summed E-state index contributed by atoms with van der Waals surface area (Å²) in [6.45, 7) is 0. The molecule has 0 saturated carbocycles. The van der Waals surface area contributed by atoms with Crippen LogP contribution in [-0.2, 0) is 16.0 Å². The topological polar surface area (TPSA) is 141 Å². The molecule has 3 aromatic rings. The Morgan fingerprint density at radius 2 is 1.96 bits per heavy atom. The first-order valence-corrected chi connectivity index (χ1v) is 9.06. The molecule has 142 valence electrons. The van der Waals surface area contributed by atoms with E-state index in [1.165, 1.54) is 0 Å². The molecule has 1 unspecified atom stereocenters. The second kappa shape index (κ2) is 8.91. The molecule has 1 atom stereocenters. The molecule has 10 heteroatoms. The monoisotopic (exact) mass is 396 g/mol. The Bertz CT molecular complexity index is 977. The number of carbonyl (C=O) groups excluding carboxylic acids is 3. The van der Waals surface area contributed by atoms with E-state index in [4.69, 9.17) is 5.73 Å². The van der Waals surface area contributed by atoms with Gasteiger partial charge in [-0.25, -0.2) is 0 Å². The number of carbonyl (C=O) groups is 3. The van der Waals surface area contributed by atoms with E-state index in [9.17, 15) is 14.4 Å². The molecule has 9 nitrogen and oxygen atoms in total. The maximum atomic E-state index is 12.7. The Kier molecular flexibility index (Phi) is 6.12. The number of pyridine rings is 2.